The Labute approximate surface area is 128 Å². The summed E-state index contributed by atoms with van der Waals surface area (Å²) < 4.78 is 16.6. The lowest BCUT2D eigenvalue weighted by Gasteiger charge is -2.39. The summed E-state index contributed by atoms with van der Waals surface area (Å²) in [6, 6.07) is 0. The molecule has 0 bridgehead atoms. The molecule has 1 unspecified atom stereocenters. The molecule has 0 aromatic carbocycles. The molecule has 0 saturated heterocycles. The summed E-state index contributed by atoms with van der Waals surface area (Å²) in [5.41, 5.74) is 11.4. The minimum absolute atomic E-state index is 0.0922. The molecule has 1 atom stereocenters. The standard InChI is InChI=1S/C10H27N3O3Si.C2H4O2/c1-5-10(13(8-6-11)9-7-12)17(14-2,15-3)16-4;1-2(3)4/h10H,5-9,11-12H2,1-4H3;1H3,(H,3,4). The summed E-state index contributed by atoms with van der Waals surface area (Å²) in [4.78, 5) is 11.2. The Kier molecular flexibility index (Phi) is 14.2. The summed E-state index contributed by atoms with van der Waals surface area (Å²) in [5, 5.41) is 7.42. The van der Waals surface area contributed by atoms with Gasteiger partial charge in [-0.3, -0.25) is 9.69 Å². The minimum Gasteiger partial charge on any atom is -0.481 e. The summed E-state index contributed by atoms with van der Waals surface area (Å²) >= 11 is 0. The number of rotatable bonds is 10. The van der Waals surface area contributed by atoms with Crippen molar-refractivity contribution in [1.29, 1.82) is 0 Å². The van der Waals surface area contributed by atoms with Gasteiger partial charge in [-0.15, -0.1) is 0 Å². The number of hydrogen-bond donors (Lipinski definition) is 3. The molecule has 9 heteroatoms. The molecule has 0 aliphatic rings. The predicted molar refractivity (Wildman–Crippen MR) is 83.9 cm³/mol. The molecule has 5 N–H and O–H groups in total. The molecular formula is C12H31N3O5Si. The average molecular weight is 325 g/mol. The largest absolute Gasteiger partial charge is 0.518 e. The van der Waals surface area contributed by atoms with E-state index >= 15 is 0 Å². The van der Waals surface area contributed by atoms with E-state index in [9.17, 15) is 0 Å². The summed E-state index contributed by atoms with van der Waals surface area (Å²) in [6.07, 6.45) is 0.877. The number of carbonyl (C=O) groups is 1. The zero-order chi connectivity index (χ0) is 16.9. The zero-order valence-corrected chi connectivity index (χ0v) is 14.8. The highest BCUT2D eigenvalue weighted by atomic mass is 28.4. The molecule has 0 aliphatic carbocycles. The van der Waals surface area contributed by atoms with Gasteiger partial charge in [0.25, 0.3) is 5.97 Å². The highest BCUT2D eigenvalue weighted by Crippen LogP contribution is 2.20. The Hall–Kier alpha value is -0.553. The van der Waals surface area contributed by atoms with E-state index in [4.69, 9.17) is 34.6 Å². The minimum atomic E-state index is -2.67. The third-order valence-electron chi connectivity index (χ3n) is 2.92. The molecule has 0 fully saturated rings. The zero-order valence-electron chi connectivity index (χ0n) is 13.8. The number of hydrogen-bond acceptors (Lipinski definition) is 7. The maximum atomic E-state index is 9.00. The SMILES string of the molecule is CC(=O)O.CCC(N(CCN)CCN)[Si](OC)(OC)OC. The van der Waals surface area contributed by atoms with Crippen LogP contribution in [0, 0.1) is 0 Å². The fourth-order valence-corrected chi connectivity index (χ4v) is 4.67. The van der Waals surface area contributed by atoms with Crippen molar-refractivity contribution in [1.82, 2.24) is 4.90 Å². The highest BCUT2D eigenvalue weighted by Gasteiger charge is 2.49. The van der Waals surface area contributed by atoms with Crippen LogP contribution in [-0.2, 0) is 18.1 Å². The van der Waals surface area contributed by atoms with Gasteiger partial charge < -0.3 is 29.9 Å². The van der Waals surface area contributed by atoms with Crippen molar-refractivity contribution in [2.45, 2.75) is 25.9 Å². The number of nitrogens with two attached hydrogens (primary N) is 2. The Morgan fingerprint density at radius 2 is 1.48 bits per heavy atom. The fraction of sp³-hybridized carbons (Fsp3) is 0.917. The Balaban J connectivity index is 0. The van der Waals surface area contributed by atoms with Crippen molar-refractivity contribution < 1.29 is 23.2 Å². The van der Waals surface area contributed by atoms with Crippen LogP contribution in [-0.4, -0.2) is 78.0 Å². The van der Waals surface area contributed by atoms with Gasteiger partial charge in [0.15, 0.2) is 0 Å². The molecule has 0 aliphatic heterocycles. The van der Waals surface area contributed by atoms with Crippen LogP contribution in [0.15, 0.2) is 0 Å². The second-order valence-corrected chi connectivity index (χ2v) is 7.37. The number of carboxylic acid groups (broad SMARTS) is 1. The molecule has 0 rings (SSSR count). The number of carboxylic acids is 1. The van der Waals surface area contributed by atoms with Crippen LogP contribution >= 0.6 is 0 Å². The van der Waals surface area contributed by atoms with Crippen LogP contribution in [0.1, 0.15) is 20.3 Å². The van der Waals surface area contributed by atoms with Crippen molar-refractivity contribution in [2.24, 2.45) is 11.5 Å². The van der Waals surface area contributed by atoms with Gasteiger partial charge in [-0.1, -0.05) is 6.92 Å². The van der Waals surface area contributed by atoms with Crippen LogP contribution in [0.2, 0.25) is 0 Å². The number of nitrogens with zero attached hydrogens (tertiary/aromatic N) is 1. The quantitative estimate of drug-likeness (QED) is 0.459. The molecular weight excluding hydrogens is 294 g/mol. The van der Waals surface area contributed by atoms with E-state index in [1.54, 1.807) is 21.3 Å². The smallest absolute Gasteiger partial charge is 0.481 e. The molecule has 8 nitrogen and oxygen atoms in total. The maximum absolute atomic E-state index is 9.00. The third-order valence-corrected chi connectivity index (χ3v) is 6.22. The van der Waals surface area contributed by atoms with Crippen LogP contribution < -0.4 is 11.5 Å². The Morgan fingerprint density at radius 1 is 1.14 bits per heavy atom. The monoisotopic (exact) mass is 325 g/mol. The lowest BCUT2D eigenvalue weighted by molar-refractivity contribution is -0.134. The van der Waals surface area contributed by atoms with Crippen molar-refractivity contribution in [3.63, 3.8) is 0 Å². The molecule has 0 heterocycles. The molecule has 0 spiro atoms. The summed E-state index contributed by atoms with van der Waals surface area (Å²) in [7, 11) is 2.22. The van der Waals surface area contributed by atoms with Gasteiger partial charge in [0.1, 0.15) is 0 Å². The second-order valence-electron chi connectivity index (χ2n) is 4.27. The van der Waals surface area contributed by atoms with E-state index in [0.29, 0.717) is 13.1 Å². The van der Waals surface area contributed by atoms with E-state index in [2.05, 4.69) is 11.8 Å². The van der Waals surface area contributed by atoms with Crippen LogP contribution in [0.25, 0.3) is 0 Å². The van der Waals surface area contributed by atoms with Crippen LogP contribution in [0.5, 0.6) is 0 Å². The Morgan fingerprint density at radius 3 is 1.67 bits per heavy atom. The first-order chi connectivity index (χ1) is 9.88. The molecule has 0 saturated carbocycles. The van der Waals surface area contributed by atoms with Crippen molar-refractivity contribution in [3.05, 3.63) is 0 Å². The first-order valence-electron chi connectivity index (χ1n) is 6.88. The maximum Gasteiger partial charge on any atom is 0.518 e. The molecule has 0 amide bonds. The normalized spacial score (nSPS) is 12.8. The van der Waals surface area contributed by atoms with E-state index in [1.165, 1.54) is 0 Å². The van der Waals surface area contributed by atoms with E-state index in [0.717, 1.165) is 26.4 Å². The summed E-state index contributed by atoms with van der Waals surface area (Å²) in [5.74, 6) is -0.833. The topological polar surface area (TPSA) is 120 Å². The van der Waals surface area contributed by atoms with Crippen LogP contribution in [0.3, 0.4) is 0 Å². The van der Waals surface area contributed by atoms with Gasteiger partial charge >= 0.3 is 8.80 Å². The van der Waals surface area contributed by atoms with Crippen LogP contribution in [0.4, 0.5) is 0 Å². The van der Waals surface area contributed by atoms with Gasteiger partial charge in [-0.05, 0) is 6.42 Å². The van der Waals surface area contributed by atoms with Crippen molar-refractivity contribution in [3.8, 4) is 0 Å². The lowest BCUT2D eigenvalue weighted by Crippen LogP contribution is -2.62. The first-order valence-corrected chi connectivity index (χ1v) is 8.68. The molecule has 0 aromatic rings. The van der Waals surface area contributed by atoms with E-state index in [1.807, 2.05) is 0 Å². The summed E-state index contributed by atoms with van der Waals surface area (Å²) in [6.45, 7) is 5.86. The van der Waals surface area contributed by atoms with Gasteiger partial charge in [-0.2, -0.15) is 0 Å². The average Bonchev–Trinajstić information content (AvgIpc) is 2.44. The van der Waals surface area contributed by atoms with Crippen molar-refractivity contribution in [2.75, 3.05) is 47.5 Å². The highest BCUT2D eigenvalue weighted by molar-refractivity contribution is 6.62. The lowest BCUT2D eigenvalue weighted by atomic mass is 10.4. The van der Waals surface area contributed by atoms with Crippen molar-refractivity contribution >= 4 is 14.8 Å². The Bertz CT molecular complexity index is 249. The predicted octanol–water partition coefficient (Wildman–Crippen LogP) is -0.507. The second kappa shape index (κ2) is 13.1. The molecule has 0 aromatic heterocycles. The van der Waals surface area contributed by atoms with Gasteiger partial charge in [0.2, 0.25) is 0 Å². The fourth-order valence-electron chi connectivity index (χ4n) is 2.15. The van der Waals surface area contributed by atoms with Gasteiger partial charge in [0.05, 0.1) is 5.67 Å². The first kappa shape index (κ1) is 22.7. The van der Waals surface area contributed by atoms with Gasteiger partial charge in [0, 0.05) is 54.4 Å². The van der Waals surface area contributed by atoms with Gasteiger partial charge in [-0.25, -0.2) is 0 Å². The molecule has 0 radical (unpaired) electrons. The third kappa shape index (κ3) is 8.46. The van der Waals surface area contributed by atoms with E-state index in [-0.39, 0.29) is 5.67 Å². The molecule has 21 heavy (non-hydrogen) atoms. The van der Waals surface area contributed by atoms with E-state index < -0.39 is 14.8 Å². The number of aliphatic carboxylic acids is 1. The molecule has 128 valence electrons.